The second kappa shape index (κ2) is 8.44. The minimum atomic E-state index is -0.368. The average Bonchev–Trinajstić information content (AvgIpc) is 3.07. The third-order valence-electron chi connectivity index (χ3n) is 4.11. The number of benzene rings is 1. The van der Waals surface area contributed by atoms with Gasteiger partial charge in [-0.2, -0.15) is 0 Å². The van der Waals surface area contributed by atoms with E-state index >= 15 is 0 Å². The first-order valence-electron chi connectivity index (χ1n) is 8.88. The van der Waals surface area contributed by atoms with Crippen LogP contribution in [0.15, 0.2) is 48.7 Å². The molecule has 0 spiro atoms. The molecular formula is C20H21FN4O2. The Balaban J connectivity index is 1.74. The molecule has 2 aromatic heterocycles. The molecule has 0 radical (unpaired) electrons. The number of aromatic nitrogens is 2. The maximum atomic E-state index is 12.9. The minimum Gasteiger partial charge on any atom is -0.351 e. The molecule has 27 heavy (non-hydrogen) atoms. The molecular weight excluding hydrogens is 347 g/mol. The minimum absolute atomic E-state index is 0.159. The Morgan fingerprint density at radius 2 is 1.78 bits per heavy atom. The van der Waals surface area contributed by atoms with E-state index in [4.69, 9.17) is 0 Å². The Bertz CT molecular complexity index is 950. The van der Waals surface area contributed by atoms with Gasteiger partial charge >= 0.3 is 0 Å². The van der Waals surface area contributed by atoms with Crippen molar-refractivity contribution in [1.82, 2.24) is 20.0 Å². The number of pyridine rings is 1. The van der Waals surface area contributed by atoms with Gasteiger partial charge in [0.15, 0.2) is 5.69 Å². The Morgan fingerprint density at radius 1 is 1.04 bits per heavy atom. The summed E-state index contributed by atoms with van der Waals surface area (Å²) >= 11 is 0. The fraction of sp³-hybridized carbons (Fsp3) is 0.250. The van der Waals surface area contributed by atoms with Crippen LogP contribution in [0.3, 0.4) is 0 Å². The second-order valence-corrected chi connectivity index (χ2v) is 6.13. The van der Waals surface area contributed by atoms with Crippen molar-refractivity contribution < 1.29 is 14.0 Å². The smallest absolute Gasteiger partial charge is 0.287 e. The number of carbonyl (C=O) groups excluding carboxylic acids is 2. The molecule has 140 valence electrons. The molecule has 7 heteroatoms. The number of hydrogen-bond acceptors (Lipinski definition) is 3. The van der Waals surface area contributed by atoms with Gasteiger partial charge in [-0.3, -0.25) is 14.0 Å². The molecule has 0 atom stereocenters. The fourth-order valence-electron chi connectivity index (χ4n) is 2.74. The van der Waals surface area contributed by atoms with Crippen LogP contribution in [0.5, 0.6) is 0 Å². The highest BCUT2D eigenvalue weighted by Gasteiger charge is 2.20. The molecule has 2 N–H and O–H groups in total. The number of nitrogens with one attached hydrogen (secondary N) is 2. The van der Waals surface area contributed by atoms with E-state index in [1.165, 1.54) is 12.1 Å². The number of rotatable bonds is 7. The van der Waals surface area contributed by atoms with Crippen LogP contribution >= 0.6 is 0 Å². The van der Waals surface area contributed by atoms with Crippen molar-refractivity contribution in [2.24, 2.45) is 0 Å². The summed E-state index contributed by atoms with van der Waals surface area (Å²) in [5, 5.41) is 5.59. The molecule has 2 heterocycles. The average molecular weight is 368 g/mol. The Hall–Kier alpha value is -3.22. The van der Waals surface area contributed by atoms with Crippen LogP contribution in [0.4, 0.5) is 4.39 Å². The molecule has 3 rings (SSSR count). The number of amides is 2. The predicted molar refractivity (Wildman–Crippen MR) is 100 cm³/mol. The normalized spacial score (nSPS) is 10.7. The lowest BCUT2D eigenvalue weighted by molar-refractivity contribution is 0.0943. The van der Waals surface area contributed by atoms with Gasteiger partial charge in [-0.15, -0.1) is 0 Å². The Morgan fingerprint density at radius 3 is 2.52 bits per heavy atom. The molecule has 6 nitrogen and oxygen atoms in total. The maximum absolute atomic E-state index is 12.9. The first-order chi connectivity index (χ1) is 13.1. The molecule has 1 aromatic carbocycles. The zero-order chi connectivity index (χ0) is 19.2. The monoisotopic (exact) mass is 368 g/mol. The Kier molecular flexibility index (Phi) is 5.80. The van der Waals surface area contributed by atoms with Gasteiger partial charge in [-0.05, 0) is 42.7 Å². The fourth-order valence-corrected chi connectivity index (χ4v) is 2.74. The van der Waals surface area contributed by atoms with Crippen LogP contribution in [0.1, 0.15) is 40.0 Å². The molecule has 0 aliphatic rings. The highest BCUT2D eigenvalue weighted by atomic mass is 19.1. The van der Waals surface area contributed by atoms with Gasteiger partial charge in [0, 0.05) is 19.3 Å². The van der Waals surface area contributed by atoms with Crippen LogP contribution in [-0.4, -0.2) is 34.3 Å². The Labute approximate surface area is 156 Å². The predicted octanol–water partition coefficient (Wildman–Crippen LogP) is 2.59. The van der Waals surface area contributed by atoms with Gasteiger partial charge < -0.3 is 10.6 Å². The maximum Gasteiger partial charge on any atom is 0.287 e. The van der Waals surface area contributed by atoms with Crippen LogP contribution in [-0.2, 0) is 6.42 Å². The van der Waals surface area contributed by atoms with E-state index in [2.05, 4.69) is 15.6 Å². The zero-order valence-electron chi connectivity index (χ0n) is 15.0. The SMILES string of the molecule is CCCNC(=O)c1nc(C(=O)NCCc2ccc(F)cc2)n2ccccc12. The van der Waals surface area contributed by atoms with Crippen LogP contribution < -0.4 is 10.6 Å². The van der Waals surface area contributed by atoms with E-state index in [1.54, 1.807) is 40.9 Å². The van der Waals surface area contributed by atoms with Crippen molar-refractivity contribution in [2.45, 2.75) is 19.8 Å². The van der Waals surface area contributed by atoms with Crippen molar-refractivity contribution >= 4 is 17.3 Å². The van der Waals surface area contributed by atoms with Gasteiger partial charge in [-0.1, -0.05) is 25.1 Å². The topological polar surface area (TPSA) is 75.5 Å². The molecule has 0 unspecified atom stereocenters. The van der Waals surface area contributed by atoms with E-state index in [0.717, 1.165) is 12.0 Å². The molecule has 0 saturated carbocycles. The quantitative estimate of drug-likeness (QED) is 0.673. The van der Waals surface area contributed by atoms with Gasteiger partial charge in [0.1, 0.15) is 5.82 Å². The van der Waals surface area contributed by atoms with E-state index < -0.39 is 0 Å². The number of halogens is 1. The second-order valence-electron chi connectivity index (χ2n) is 6.13. The largest absolute Gasteiger partial charge is 0.351 e. The zero-order valence-corrected chi connectivity index (χ0v) is 15.0. The van der Waals surface area contributed by atoms with Crippen molar-refractivity contribution in [2.75, 3.05) is 13.1 Å². The van der Waals surface area contributed by atoms with Crippen molar-refractivity contribution in [3.63, 3.8) is 0 Å². The van der Waals surface area contributed by atoms with E-state index in [-0.39, 0.29) is 29.1 Å². The van der Waals surface area contributed by atoms with Gasteiger partial charge in [-0.25, -0.2) is 9.37 Å². The summed E-state index contributed by atoms with van der Waals surface area (Å²) in [6.07, 6.45) is 3.08. The number of imidazole rings is 1. The van der Waals surface area contributed by atoms with Gasteiger partial charge in [0.2, 0.25) is 5.82 Å². The third kappa shape index (κ3) is 4.31. The summed E-state index contributed by atoms with van der Waals surface area (Å²) in [5.74, 6) is -0.800. The van der Waals surface area contributed by atoms with Crippen LogP contribution in [0.25, 0.3) is 5.52 Å². The van der Waals surface area contributed by atoms with E-state index in [1.807, 2.05) is 6.92 Å². The van der Waals surface area contributed by atoms with Crippen molar-refractivity contribution in [3.05, 3.63) is 71.6 Å². The highest BCUT2D eigenvalue weighted by molar-refractivity contribution is 6.02. The van der Waals surface area contributed by atoms with Crippen LogP contribution in [0, 0.1) is 5.82 Å². The number of hydrogen-bond donors (Lipinski definition) is 2. The highest BCUT2D eigenvalue weighted by Crippen LogP contribution is 2.13. The van der Waals surface area contributed by atoms with E-state index in [0.29, 0.717) is 25.0 Å². The molecule has 3 aromatic rings. The molecule has 0 aliphatic heterocycles. The van der Waals surface area contributed by atoms with Gasteiger partial charge in [0.05, 0.1) is 5.52 Å². The standard InChI is InChI=1S/C20H21FN4O2/c1-2-11-22-19(26)17-16-5-3-4-13-25(16)18(24-17)20(27)23-12-10-14-6-8-15(21)9-7-14/h3-9,13H,2,10-12H2,1H3,(H,22,26)(H,23,27). The van der Waals surface area contributed by atoms with Crippen molar-refractivity contribution in [3.8, 4) is 0 Å². The lowest BCUT2D eigenvalue weighted by Gasteiger charge is -2.05. The lowest BCUT2D eigenvalue weighted by Crippen LogP contribution is -2.28. The number of nitrogens with zero attached hydrogens (tertiary/aromatic N) is 2. The summed E-state index contributed by atoms with van der Waals surface area (Å²) in [5.41, 5.74) is 1.73. The van der Waals surface area contributed by atoms with E-state index in [9.17, 15) is 14.0 Å². The van der Waals surface area contributed by atoms with Crippen LogP contribution in [0.2, 0.25) is 0 Å². The summed E-state index contributed by atoms with van der Waals surface area (Å²) in [7, 11) is 0. The third-order valence-corrected chi connectivity index (χ3v) is 4.11. The van der Waals surface area contributed by atoms with Gasteiger partial charge in [0.25, 0.3) is 11.8 Å². The molecule has 0 aliphatic carbocycles. The summed E-state index contributed by atoms with van der Waals surface area (Å²) in [4.78, 5) is 29.2. The molecule has 0 saturated heterocycles. The first kappa shape index (κ1) is 18.6. The summed E-state index contributed by atoms with van der Waals surface area (Å²) < 4.78 is 14.5. The molecule has 0 fully saturated rings. The number of fused-ring (bicyclic) bond motifs is 1. The summed E-state index contributed by atoms with van der Waals surface area (Å²) in [6.45, 7) is 2.89. The lowest BCUT2D eigenvalue weighted by atomic mass is 10.1. The molecule has 0 bridgehead atoms. The first-order valence-corrected chi connectivity index (χ1v) is 8.88. The number of carbonyl (C=O) groups is 2. The summed E-state index contributed by atoms with van der Waals surface area (Å²) in [6, 6.07) is 11.5. The molecule has 2 amide bonds. The van der Waals surface area contributed by atoms with Crippen molar-refractivity contribution in [1.29, 1.82) is 0 Å².